The predicted molar refractivity (Wildman–Crippen MR) is 123 cm³/mol. The van der Waals surface area contributed by atoms with E-state index < -0.39 is 0 Å². The zero-order valence-corrected chi connectivity index (χ0v) is 20.2. The normalized spacial score (nSPS) is 18.6. The van der Waals surface area contributed by atoms with Crippen LogP contribution in [0, 0.1) is 0 Å². The van der Waals surface area contributed by atoms with E-state index in [9.17, 15) is 4.79 Å². The van der Waals surface area contributed by atoms with E-state index in [2.05, 4.69) is 50.2 Å². The number of rotatable bonds is 14. The number of hydrogen-bond acceptors (Lipinski definition) is 3. The maximum absolute atomic E-state index is 12.8. The summed E-state index contributed by atoms with van der Waals surface area (Å²) >= 11 is 0. The van der Waals surface area contributed by atoms with Gasteiger partial charge in [0, 0.05) is 30.8 Å². The van der Waals surface area contributed by atoms with Crippen molar-refractivity contribution in [3.63, 3.8) is 0 Å². The minimum absolute atomic E-state index is 0.0151. The second kappa shape index (κ2) is 13.5. The molecule has 1 heterocycles. The van der Waals surface area contributed by atoms with Crippen molar-refractivity contribution in [1.29, 1.82) is 0 Å². The lowest BCUT2D eigenvalue weighted by Gasteiger charge is -2.49. The second-order valence-corrected chi connectivity index (χ2v) is 10.2. The Labute approximate surface area is 180 Å². The molecule has 5 heteroatoms. The van der Waals surface area contributed by atoms with Crippen LogP contribution in [0.2, 0.25) is 0 Å². The number of ether oxygens (including phenoxy) is 1. The molecule has 1 saturated heterocycles. The van der Waals surface area contributed by atoms with Crippen molar-refractivity contribution < 1.29 is 9.53 Å². The fourth-order valence-corrected chi connectivity index (χ4v) is 4.94. The molecule has 0 aromatic rings. The van der Waals surface area contributed by atoms with Crippen LogP contribution in [0.5, 0.6) is 0 Å². The molecular formula is C24H49N3O2. The Bertz CT molecular complexity index is 435. The number of urea groups is 1. The van der Waals surface area contributed by atoms with Gasteiger partial charge in [-0.15, -0.1) is 0 Å². The van der Waals surface area contributed by atoms with Gasteiger partial charge in [0.2, 0.25) is 0 Å². The molecule has 0 bridgehead atoms. The zero-order chi connectivity index (χ0) is 21.8. The Morgan fingerprint density at radius 1 is 0.931 bits per heavy atom. The molecule has 0 spiro atoms. The molecule has 29 heavy (non-hydrogen) atoms. The molecule has 0 aliphatic carbocycles. The third kappa shape index (κ3) is 11.2. The van der Waals surface area contributed by atoms with Crippen molar-refractivity contribution >= 4 is 6.03 Å². The summed E-state index contributed by atoms with van der Waals surface area (Å²) < 4.78 is 5.07. The molecule has 0 atom stereocenters. The van der Waals surface area contributed by atoms with Crippen LogP contribution < -0.4 is 10.6 Å². The lowest BCUT2D eigenvalue weighted by atomic mass is 9.79. The smallest absolute Gasteiger partial charge is 0.319 e. The van der Waals surface area contributed by atoms with Crippen LogP contribution in [0.25, 0.3) is 0 Å². The van der Waals surface area contributed by atoms with Gasteiger partial charge in [-0.2, -0.15) is 0 Å². The van der Waals surface area contributed by atoms with Crippen LogP contribution in [0.4, 0.5) is 4.79 Å². The van der Waals surface area contributed by atoms with Crippen LogP contribution in [0.1, 0.15) is 112 Å². The van der Waals surface area contributed by atoms with Crippen molar-refractivity contribution in [3.8, 4) is 0 Å². The van der Waals surface area contributed by atoms with Gasteiger partial charge in [0.1, 0.15) is 6.73 Å². The Kier molecular flexibility index (Phi) is 12.2. The first kappa shape index (κ1) is 26.2. The second-order valence-electron chi connectivity index (χ2n) is 10.2. The molecule has 0 saturated carbocycles. The number of methoxy groups -OCH3 is 1. The summed E-state index contributed by atoms with van der Waals surface area (Å²) in [4.78, 5) is 14.9. The number of piperidine rings is 1. The molecule has 2 N–H and O–H groups in total. The highest BCUT2D eigenvalue weighted by atomic mass is 16.5. The lowest BCUT2D eigenvalue weighted by molar-refractivity contribution is 0.0764. The predicted octanol–water partition coefficient (Wildman–Crippen LogP) is 5.83. The highest BCUT2D eigenvalue weighted by Crippen LogP contribution is 2.32. The van der Waals surface area contributed by atoms with Crippen LogP contribution >= 0.6 is 0 Å². The highest BCUT2D eigenvalue weighted by molar-refractivity contribution is 5.74. The zero-order valence-electron chi connectivity index (χ0n) is 20.2. The molecule has 0 aromatic carbocycles. The van der Waals surface area contributed by atoms with Crippen molar-refractivity contribution in [2.45, 2.75) is 129 Å². The molecule has 0 radical (unpaired) electrons. The van der Waals surface area contributed by atoms with E-state index in [4.69, 9.17) is 4.74 Å². The van der Waals surface area contributed by atoms with Crippen molar-refractivity contribution in [3.05, 3.63) is 0 Å². The van der Waals surface area contributed by atoms with E-state index in [0.29, 0.717) is 0 Å². The maximum atomic E-state index is 12.8. The van der Waals surface area contributed by atoms with Crippen molar-refractivity contribution in [1.82, 2.24) is 15.5 Å². The quantitative estimate of drug-likeness (QED) is 0.279. The van der Waals surface area contributed by atoms with Gasteiger partial charge in [-0.3, -0.25) is 0 Å². The maximum Gasteiger partial charge on any atom is 0.319 e. The number of carbonyl (C=O) groups excluding carboxylic acids is 1. The van der Waals surface area contributed by atoms with Gasteiger partial charge >= 0.3 is 6.03 Å². The number of hydrogen-bond donors (Lipinski definition) is 2. The number of carbonyl (C=O) groups is 1. The number of amides is 2. The SMILES string of the molecule is CCCCCCCCCCCCN(C(=O)NCOC)C1CC(C)(C)NC(C)(C)C1. The largest absolute Gasteiger partial charge is 0.364 e. The molecular weight excluding hydrogens is 362 g/mol. The van der Waals surface area contributed by atoms with E-state index in [0.717, 1.165) is 25.8 Å². The summed E-state index contributed by atoms with van der Waals surface area (Å²) in [5, 5.41) is 6.64. The van der Waals surface area contributed by atoms with Gasteiger partial charge in [0.05, 0.1) is 0 Å². The molecule has 1 aliphatic heterocycles. The molecule has 172 valence electrons. The Morgan fingerprint density at radius 2 is 1.41 bits per heavy atom. The molecule has 0 unspecified atom stereocenters. The minimum atomic E-state index is 0.0151. The summed E-state index contributed by atoms with van der Waals surface area (Å²) in [5.41, 5.74) is 0.0635. The number of unbranched alkanes of at least 4 members (excludes halogenated alkanes) is 9. The number of nitrogens with one attached hydrogen (secondary N) is 2. The average molecular weight is 412 g/mol. The fourth-order valence-electron chi connectivity index (χ4n) is 4.94. The van der Waals surface area contributed by atoms with Gasteiger partial charge in [-0.1, -0.05) is 64.7 Å². The van der Waals surface area contributed by atoms with Gasteiger partial charge in [0.15, 0.2) is 0 Å². The first-order chi connectivity index (χ1) is 13.7. The Morgan fingerprint density at radius 3 is 1.90 bits per heavy atom. The van der Waals surface area contributed by atoms with E-state index in [-0.39, 0.29) is 29.9 Å². The van der Waals surface area contributed by atoms with E-state index in [1.807, 2.05) is 0 Å². The van der Waals surface area contributed by atoms with Gasteiger partial charge < -0.3 is 20.3 Å². The van der Waals surface area contributed by atoms with Crippen LogP contribution in [0.15, 0.2) is 0 Å². The first-order valence-electron chi connectivity index (χ1n) is 12.0. The highest BCUT2D eigenvalue weighted by Gasteiger charge is 2.41. The third-order valence-corrected chi connectivity index (χ3v) is 5.99. The summed E-state index contributed by atoms with van der Waals surface area (Å²) in [6.45, 7) is 12.3. The molecule has 1 fully saturated rings. The topological polar surface area (TPSA) is 53.6 Å². The summed E-state index contributed by atoms with van der Waals surface area (Å²) in [6, 6.07) is 0.276. The molecule has 1 rings (SSSR count). The van der Waals surface area contributed by atoms with Crippen LogP contribution in [-0.2, 0) is 4.74 Å². The molecule has 0 aromatic heterocycles. The van der Waals surface area contributed by atoms with Crippen LogP contribution in [-0.4, -0.2) is 48.4 Å². The monoisotopic (exact) mass is 411 g/mol. The Balaban J connectivity index is 2.45. The first-order valence-corrected chi connectivity index (χ1v) is 12.0. The molecule has 2 amide bonds. The molecule has 5 nitrogen and oxygen atoms in total. The van der Waals surface area contributed by atoms with E-state index in [1.165, 1.54) is 57.8 Å². The van der Waals surface area contributed by atoms with Crippen molar-refractivity contribution in [2.24, 2.45) is 0 Å². The standard InChI is InChI=1S/C24H49N3O2/c1-7-8-9-10-11-12-13-14-15-16-17-27(22(28)25-20-29-6)21-18-23(2,3)26-24(4,5)19-21/h21,26H,7-20H2,1-6H3,(H,25,28). The fraction of sp³-hybridized carbons (Fsp3) is 0.958. The Hall–Kier alpha value is -0.810. The average Bonchev–Trinajstić information content (AvgIpc) is 2.61. The van der Waals surface area contributed by atoms with E-state index >= 15 is 0 Å². The van der Waals surface area contributed by atoms with Gasteiger partial charge in [-0.05, 0) is 47.0 Å². The summed E-state index contributed by atoms with van der Waals surface area (Å²) in [6.07, 6.45) is 15.1. The summed E-state index contributed by atoms with van der Waals surface area (Å²) in [7, 11) is 1.61. The van der Waals surface area contributed by atoms with Gasteiger partial charge in [0.25, 0.3) is 0 Å². The molecule has 1 aliphatic rings. The lowest BCUT2D eigenvalue weighted by Crippen LogP contribution is -2.63. The van der Waals surface area contributed by atoms with E-state index in [1.54, 1.807) is 7.11 Å². The van der Waals surface area contributed by atoms with Crippen LogP contribution in [0.3, 0.4) is 0 Å². The van der Waals surface area contributed by atoms with Gasteiger partial charge in [-0.25, -0.2) is 4.79 Å². The van der Waals surface area contributed by atoms with Crippen molar-refractivity contribution in [2.75, 3.05) is 20.4 Å². The number of nitrogens with zero attached hydrogens (tertiary/aromatic N) is 1. The summed E-state index contributed by atoms with van der Waals surface area (Å²) in [5.74, 6) is 0. The minimum Gasteiger partial charge on any atom is -0.364 e. The third-order valence-electron chi connectivity index (χ3n) is 5.99.